The molecule has 1 aromatic heterocycles. The van der Waals surface area contributed by atoms with Gasteiger partial charge in [-0.05, 0) is 50.8 Å². The van der Waals surface area contributed by atoms with E-state index in [4.69, 9.17) is 0 Å². The van der Waals surface area contributed by atoms with Crippen LogP contribution in [0.15, 0.2) is 18.2 Å². The summed E-state index contributed by atoms with van der Waals surface area (Å²) in [5.41, 5.74) is 3.70. The normalized spacial score (nSPS) is 20.4. The van der Waals surface area contributed by atoms with E-state index >= 15 is 0 Å². The fourth-order valence-electron chi connectivity index (χ4n) is 3.47. The zero-order valence-electron chi connectivity index (χ0n) is 14.6. The number of hydrogen-bond acceptors (Lipinski definition) is 4. The van der Waals surface area contributed by atoms with E-state index < -0.39 is 5.97 Å². The molecule has 0 saturated heterocycles. The number of nitrogens with zero attached hydrogens (tertiary/aromatic N) is 2. The third-order valence-electron chi connectivity index (χ3n) is 5.09. The number of carbonyl (C=O) groups is 2. The molecule has 0 aliphatic heterocycles. The van der Waals surface area contributed by atoms with Gasteiger partial charge in [0.15, 0.2) is 0 Å². The van der Waals surface area contributed by atoms with Gasteiger partial charge in [0.05, 0.1) is 28.3 Å². The van der Waals surface area contributed by atoms with Crippen LogP contribution in [-0.4, -0.2) is 33.5 Å². The first-order valence-electron chi connectivity index (χ1n) is 8.71. The SMILES string of the molecule is Cc1nc2ccc(C(=O)NC[C@@H]3CCCC[C@@H]3C(=O)O)cc2nc1C. The van der Waals surface area contributed by atoms with Crippen LogP contribution in [0, 0.1) is 25.7 Å². The van der Waals surface area contributed by atoms with Crippen LogP contribution in [-0.2, 0) is 4.79 Å². The second kappa shape index (κ2) is 7.17. The van der Waals surface area contributed by atoms with E-state index in [0.29, 0.717) is 24.0 Å². The van der Waals surface area contributed by atoms with E-state index in [1.807, 2.05) is 13.8 Å². The maximum Gasteiger partial charge on any atom is 0.306 e. The van der Waals surface area contributed by atoms with E-state index in [0.717, 1.165) is 36.2 Å². The fraction of sp³-hybridized carbons (Fsp3) is 0.474. The number of aromatic nitrogens is 2. The number of nitrogens with one attached hydrogen (secondary N) is 1. The molecule has 6 nitrogen and oxygen atoms in total. The Bertz CT molecular complexity index is 819. The summed E-state index contributed by atoms with van der Waals surface area (Å²) >= 11 is 0. The number of aliphatic carboxylic acids is 1. The molecule has 25 heavy (non-hydrogen) atoms. The molecule has 1 aliphatic carbocycles. The van der Waals surface area contributed by atoms with Crippen molar-refractivity contribution in [2.75, 3.05) is 6.54 Å². The molecule has 1 fully saturated rings. The molecule has 0 unspecified atom stereocenters. The van der Waals surface area contributed by atoms with Crippen LogP contribution in [0.5, 0.6) is 0 Å². The number of carbonyl (C=O) groups excluding carboxylic acids is 1. The minimum atomic E-state index is -0.759. The van der Waals surface area contributed by atoms with Crippen molar-refractivity contribution < 1.29 is 14.7 Å². The molecule has 1 heterocycles. The summed E-state index contributed by atoms with van der Waals surface area (Å²) in [6.45, 7) is 4.20. The number of fused-ring (bicyclic) bond motifs is 1. The molecule has 2 aromatic rings. The largest absolute Gasteiger partial charge is 0.481 e. The molecule has 6 heteroatoms. The molecule has 2 atom stereocenters. The molecule has 1 amide bonds. The molecular weight excluding hydrogens is 318 g/mol. The lowest BCUT2D eigenvalue weighted by Crippen LogP contribution is -2.37. The Kier molecular flexibility index (Phi) is 4.97. The summed E-state index contributed by atoms with van der Waals surface area (Å²) in [6, 6.07) is 5.26. The number of rotatable bonds is 4. The van der Waals surface area contributed by atoms with Gasteiger partial charge in [-0.25, -0.2) is 9.97 Å². The molecule has 1 aromatic carbocycles. The molecule has 132 valence electrons. The summed E-state index contributed by atoms with van der Waals surface area (Å²) in [7, 11) is 0. The molecule has 2 N–H and O–H groups in total. The van der Waals surface area contributed by atoms with Crippen LogP contribution in [0.1, 0.15) is 47.4 Å². The average Bonchev–Trinajstić information content (AvgIpc) is 2.60. The molecule has 3 rings (SSSR count). The Hall–Kier alpha value is -2.50. The van der Waals surface area contributed by atoms with Crippen LogP contribution in [0.4, 0.5) is 0 Å². The first-order valence-corrected chi connectivity index (χ1v) is 8.71. The molecule has 0 radical (unpaired) electrons. The van der Waals surface area contributed by atoms with Gasteiger partial charge in [-0.1, -0.05) is 12.8 Å². The van der Waals surface area contributed by atoms with Gasteiger partial charge in [-0.3, -0.25) is 9.59 Å². The quantitative estimate of drug-likeness (QED) is 0.892. The van der Waals surface area contributed by atoms with Crippen molar-refractivity contribution in [3.63, 3.8) is 0 Å². The van der Waals surface area contributed by atoms with Crippen molar-refractivity contribution in [1.82, 2.24) is 15.3 Å². The molecule has 1 saturated carbocycles. The zero-order valence-corrected chi connectivity index (χ0v) is 14.6. The van der Waals surface area contributed by atoms with E-state index in [1.165, 1.54) is 0 Å². The minimum Gasteiger partial charge on any atom is -0.481 e. The van der Waals surface area contributed by atoms with Crippen molar-refractivity contribution in [3.05, 3.63) is 35.2 Å². The van der Waals surface area contributed by atoms with Crippen LogP contribution in [0.3, 0.4) is 0 Å². The zero-order chi connectivity index (χ0) is 18.0. The van der Waals surface area contributed by atoms with E-state index in [9.17, 15) is 14.7 Å². The van der Waals surface area contributed by atoms with Crippen molar-refractivity contribution in [3.8, 4) is 0 Å². The number of carboxylic acids is 1. The van der Waals surface area contributed by atoms with Gasteiger partial charge in [0.1, 0.15) is 0 Å². The van der Waals surface area contributed by atoms with E-state index in [-0.39, 0.29) is 17.7 Å². The Morgan fingerprint density at radius 3 is 2.52 bits per heavy atom. The second-order valence-corrected chi connectivity index (χ2v) is 6.80. The number of amides is 1. The Balaban J connectivity index is 1.71. The van der Waals surface area contributed by atoms with Crippen molar-refractivity contribution in [2.45, 2.75) is 39.5 Å². The van der Waals surface area contributed by atoms with Gasteiger partial charge in [0, 0.05) is 12.1 Å². The Labute approximate surface area is 146 Å². The highest BCUT2D eigenvalue weighted by Crippen LogP contribution is 2.29. The maximum absolute atomic E-state index is 12.5. The summed E-state index contributed by atoms with van der Waals surface area (Å²) < 4.78 is 0. The van der Waals surface area contributed by atoms with Gasteiger partial charge in [-0.2, -0.15) is 0 Å². The molecule has 0 bridgehead atoms. The van der Waals surface area contributed by atoms with E-state index in [1.54, 1.807) is 18.2 Å². The number of carboxylic acid groups (broad SMARTS) is 1. The predicted octanol–water partition coefficient (Wildman–Crippen LogP) is 2.87. The van der Waals surface area contributed by atoms with Crippen molar-refractivity contribution >= 4 is 22.9 Å². The number of hydrogen-bond donors (Lipinski definition) is 2. The molecule has 1 aliphatic rings. The highest BCUT2D eigenvalue weighted by molar-refractivity contribution is 5.97. The Morgan fingerprint density at radius 2 is 1.80 bits per heavy atom. The third kappa shape index (κ3) is 3.78. The summed E-state index contributed by atoms with van der Waals surface area (Å²) in [5, 5.41) is 12.2. The van der Waals surface area contributed by atoms with Crippen LogP contribution in [0.25, 0.3) is 11.0 Å². The summed E-state index contributed by atoms with van der Waals surface area (Å²) in [6.07, 6.45) is 3.51. The van der Waals surface area contributed by atoms with Crippen LogP contribution in [0.2, 0.25) is 0 Å². The van der Waals surface area contributed by atoms with Gasteiger partial charge in [0.25, 0.3) is 5.91 Å². The van der Waals surface area contributed by atoms with Gasteiger partial charge >= 0.3 is 5.97 Å². The number of benzene rings is 1. The Morgan fingerprint density at radius 1 is 1.12 bits per heavy atom. The lowest BCUT2D eigenvalue weighted by molar-refractivity contribution is -0.144. The topological polar surface area (TPSA) is 92.2 Å². The van der Waals surface area contributed by atoms with Crippen molar-refractivity contribution in [1.29, 1.82) is 0 Å². The third-order valence-corrected chi connectivity index (χ3v) is 5.09. The summed E-state index contributed by atoms with van der Waals surface area (Å²) in [4.78, 5) is 32.8. The van der Waals surface area contributed by atoms with Gasteiger partial charge < -0.3 is 10.4 Å². The monoisotopic (exact) mass is 341 g/mol. The predicted molar refractivity (Wildman–Crippen MR) is 94.4 cm³/mol. The van der Waals surface area contributed by atoms with Crippen molar-refractivity contribution in [2.24, 2.45) is 11.8 Å². The lowest BCUT2D eigenvalue weighted by Gasteiger charge is -2.28. The maximum atomic E-state index is 12.5. The second-order valence-electron chi connectivity index (χ2n) is 6.80. The highest BCUT2D eigenvalue weighted by Gasteiger charge is 2.30. The fourth-order valence-corrected chi connectivity index (χ4v) is 3.47. The first kappa shape index (κ1) is 17.3. The minimum absolute atomic E-state index is 0.000317. The standard InChI is InChI=1S/C19H23N3O3/c1-11-12(2)22-17-9-13(7-8-16(17)21-11)18(23)20-10-14-5-3-4-6-15(14)19(24)25/h7-9,14-15H,3-6,10H2,1-2H3,(H,20,23)(H,24,25)/t14-,15-/m0/s1. The number of aryl methyl sites for hydroxylation is 2. The highest BCUT2D eigenvalue weighted by atomic mass is 16.4. The van der Waals surface area contributed by atoms with Crippen LogP contribution >= 0.6 is 0 Å². The smallest absolute Gasteiger partial charge is 0.306 e. The van der Waals surface area contributed by atoms with Crippen LogP contribution < -0.4 is 5.32 Å². The first-order chi connectivity index (χ1) is 12.0. The molecule has 0 spiro atoms. The van der Waals surface area contributed by atoms with Gasteiger partial charge in [0.2, 0.25) is 0 Å². The molecular formula is C19H23N3O3. The lowest BCUT2D eigenvalue weighted by atomic mass is 9.79. The summed E-state index contributed by atoms with van der Waals surface area (Å²) in [5.74, 6) is -1.31. The van der Waals surface area contributed by atoms with Gasteiger partial charge in [-0.15, -0.1) is 0 Å². The average molecular weight is 341 g/mol. The van der Waals surface area contributed by atoms with E-state index in [2.05, 4.69) is 15.3 Å².